The number of carbonyl (C=O) groups is 1. The molecule has 0 saturated carbocycles. The van der Waals surface area contributed by atoms with Gasteiger partial charge in [-0.05, 0) is 47.0 Å². The monoisotopic (exact) mass is 247 g/mol. The Kier molecular flexibility index (Phi) is 3.64. The lowest BCUT2D eigenvalue weighted by molar-refractivity contribution is 0.101. The number of hydrogen-bond donors (Lipinski definition) is 0. The molecule has 1 aromatic heterocycles. The first-order valence-electron chi connectivity index (χ1n) is 6.63. The van der Waals surface area contributed by atoms with Crippen LogP contribution in [0.15, 0.2) is 6.20 Å². The van der Waals surface area contributed by atoms with Crippen LogP contribution in [0.5, 0.6) is 0 Å². The summed E-state index contributed by atoms with van der Waals surface area (Å²) in [5, 5.41) is 0. The highest BCUT2D eigenvalue weighted by Gasteiger charge is 2.27. The molecule has 0 aliphatic carbocycles. The zero-order valence-electron chi connectivity index (χ0n) is 11.6. The molecule has 2 heterocycles. The van der Waals surface area contributed by atoms with E-state index in [1.807, 2.05) is 6.92 Å². The van der Waals surface area contributed by atoms with E-state index in [4.69, 9.17) is 0 Å². The van der Waals surface area contributed by atoms with E-state index in [2.05, 4.69) is 28.7 Å². The molecule has 2 atom stereocenters. The minimum Gasteiger partial charge on any atom is -0.335 e. The van der Waals surface area contributed by atoms with Gasteiger partial charge in [0.25, 0.3) is 0 Å². The first-order chi connectivity index (χ1) is 8.50. The third-order valence-electron chi connectivity index (χ3n) is 3.77. The Morgan fingerprint density at radius 1 is 1.33 bits per heavy atom. The number of nitrogens with zero attached hydrogens (tertiary/aromatic N) is 3. The van der Waals surface area contributed by atoms with Crippen LogP contribution in [0.4, 0.5) is 5.95 Å². The van der Waals surface area contributed by atoms with Gasteiger partial charge in [0.05, 0.1) is 11.3 Å². The van der Waals surface area contributed by atoms with E-state index < -0.39 is 0 Å². The number of Topliss-reactive ketones (excluding diaryl/α,β-unsaturated/α-hetero) is 1. The zero-order valence-corrected chi connectivity index (χ0v) is 11.6. The standard InChI is InChI=1S/C14H21N3O/c1-9-6-5-7-10(2)17(9)14-15-8-13(12(4)18)11(3)16-14/h8-10H,5-7H2,1-4H3/t9-,10-/m1/s1. The predicted octanol–water partition coefficient (Wildman–Crippen LogP) is 2.75. The average Bonchev–Trinajstić information content (AvgIpc) is 2.28. The highest BCUT2D eigenvalue weighted by Crippen LogP contribution is 2.26. The van der Waals surface area contributed by atoms with Gasteiger partial charge in [0, 0.05) is 18.3 Å². The Labute approximate surface area is 108 Å². The van der Waals surface area contributed by atoms with Crippen LogP contribution in [0, 0.1) is 6.92 Å². The van der Waals surface area contributed by atoms with Gasteiger partial charge in [0.2, 0.25) is 5.95 Å². The largest absolute Gasteiger partial charge is 0.335 e. The van der Waals surface area contributed by atoms with Gasteiger partial charge in [0.15, 0.2) is 5.78 Å². The molecule has 4 heteroatoms. The number of ketones is 1. The van der Waals surface area contributed by atoms with Gasteiger partial charge >= 0.3 is 0 Å². The average molecular weight is 247 g/mol. The summed E-state index contributed by atoms with van der Waals surface area (Å²) in [6.07, 6.45) is 5.29. The summed E-state index contributed by atoms with van der Waals surface area (Å²) in [6, 6.07) is 0.938. The molecule has 1 aliphatic heterocycles. The summed E-state index contributed by atoms with van der Waals surface area (Å²) in [4.78, 5) is 22.6. The number of piperidine rings is 1. The summed E-state index contributed by atoms with van der Waals surface area (Å²) in [5.41, 5.74) is 1.40. The molecule has 1 saturated heterocycles. The van der Waals surface area contributed by atoms with Crippen LogP contribution in [0.2, 0.25) is 0 Å². The quantitative estimate of drug-likeness (QED) is 0.754. The molecule has 98 valence electrons. The van der Waals surface area contributed by atoms with Gasteiger partial charge in [-0.1, -0.05) is 0 Å². The van der Waals surface area contributed by atoms with Crippen molar-refractivity contribution in [1.29, 1.82) is 0 Å². The second-order valence-electron chi connectivity index (χ2n) is 5.26. The van der Waals surface area contributed by atoms with E-state index >= 15 is 0 Å². The molecule has 2 rings (SSSR count). The van der Waals surface area contributed by atoms with Crippen molar-refractivity contribution in [3.8, 4) is 0 Å². The molecule has 0 bridgehead atoms. The number of rotatable bonds is 2. The first-order valence-corrected chi connectivity index (χ1v) is 6.63. The Morgan fingerprint density at radius 2 is 1.94 bits per heavy atom. The van der Waals surface area contributed by atoms with Crippen LogP contribution in [0.25, 0.3) is 0 Å². The Hall–Kier alpha value is -1.45. The minimum atomic E-state index is 0.0267. The van der Waals surface area contributed by atoms with E-state index in [-0.39, 0.29) is 5.78 Å². The molecule has 0 aromatic carbocycles. The molecule has 0 radical (unpaired) electrons. The third-order valence-corrected chi connectivity index (χ3v) is 3.77. The van der Waals surface area contributed by atoms with E-state index in [1.54, 1.807) is 13.1 Å². The number of carbonyl (C=O) groups excluding carboxylic acids is 1. The number of anilines is 1. The van der Waals surface area contributed by atoms with Gasteiger partial charge < -0.3 is 4.90 Å². The van der Waals surface area contributed by atoms with Crippen molar-refractivity contribution in [3.63, 3.8) is 0 Å². The van der Waals surface area contributed by atoms with E-state index in [1.165, 1.54) is 19.3 Å². The summed E-state index contributed by atoms with van der Waals surface area (Å²) in [7, 11) is 0. The van der Waals surface area contributed by atoms with Crippen molar-refractivity contribution >= 4 is 11.7 Å². The molecule has 0 N–H and O–H groups in total. The molecule has 1 aromatic rings. The lowest BCUT2D eigenvalue weighted by Gasteiger charge is -2.39. The van der Waals surface area contributed by atoms with Crippen molar-refractivity contribution in [1.82, 2.24) is 9.97 Å². The van der Waals surface area contributed by atoms with Gasteiger partial charge in [0.1, 0.15) is 0 Å². The molecule has 0 unspecified atom stereocenters. The summed E-state index contributed by atoms with van der Waals surface area (Å²) in [5.74, 6) is 0.788. The van der Waals surface area contributed by atoms with Crippen molar-refractivity contribution in [2.45, 2.75) is 59.0 Å². The SMILES string of the molecule is CC(=O)c1cnc(N2[C@H](C)CCC[C@H]2C)nc1C. The minimum absolute atomic E-state index is 0.0267. The Morgan fingerprint density at radius 3 is 2.44 bits per heavy atom. The lowest BCUT2D eigenvalue weighted by atomic mass is 9.98. The van der Waals surface area contributed by atoms with Gasteiger partial charge in [-0.2, -0.15) is 0 Å². The van der Waals surface area contributed by atoms with Crippen molar-refractivity contribution in [2.75, 3.05) is 4.90 Å². The fraction of sp³-hybridized carbons (Fsp3) is 0.643. The highest BCUT2D eigenvalue weighted by molar-refractivity contribution is 5.94. The van der Waals surface area contributed by atoms with E-state index in [0.717, 1.165) is 11.6 Å². The van der Waals surface area contributed by atoms with Gasteiger partial charge in [-0.25, -0.2) is 9.97 Å². The maximum absolute atomic E-state index is 11.4. The van der Waals surface area contributed by atoms with Crippen molar-refractivity contribution < 1.29 is 4.79 Å². The fourth-order valence-corrected chi connectivity index (χ4v) is 2.74. The topological polar surface area (TPSA) is 46.1 Å². The van der Waals surface area contributed by atoms with Crippen LogP contribution in [0.3, 0.4) is 0 Å². The van der Waals surface area contributed by atoms with Crippen LogP contribution in [-0.4, -0.2) is 27.8 Å². The molecule has 1 aliphatic rings. The molecule has 0 amide bonds. The second kappa shape index (κ2) is 5.04. The fourth-order valence-electron chi connectivity index (χ4n) is 2.74. The van der Waals surface area contributed by atoms with Crippen LogP contribution >= 0.6 is 0 Å². The van der Waals surface area contributed by atoms with Crippen LogP contribution in [0.1, 0.15) is 56.1 Å². The summed E-state index contributed by atoms with van der Waals surface area (Å²) in [6.45, 7) is 7.86. The lowest BCUT2D eigenvalue weighted by Crippen LogP contribution is -2.44. The Bertz CT molecular complexity index is 448. The summed E-state index contributed by atoms with van der Waals surface area (Å²) < 4.78 is 0. The Balaban J connectivity index is 2.33. The first kappa shape index (κ1) is 13.0. The molecular formula is C14H21N3O. The zero-order chi connectivity index (χ0) is 13.3. The normalized spacial score (nSPS) is 24.1. The van der Waals surface area contributed by atoms with Crippen molar-refractivity contribution in [2.24, 2.45) is 0 Å². The highest BCUT2D eigenvalue weighted by atomic mass is 16.1. The van der Waals surface area contributed by atoms with Gasteiger partial charge in [-0.3, -0.25) is 4.79 Å². The van der Waals surface area contributed by atoms with Crippen molar-refractivity contribution in [3.05, 3.63) is 17.5 Å². The predicted molar refractivity (Wildman–Crippen MR) is 72.0 cm³/mol. The molecule has 1 fully saturated rings. The van der Waals surface area contributed by atoms with E-state index in [0.29, 0.717) is 17.6 Å². The maximum Gasteiger partial charge on any atom is 0.226 e. The number of aryl methyl sites for hydroxylation is 1. The third kappa shape index (κ3) is 2.37. The van der Waals surface area contributed by atoms with Crippen LogP contribution < -0.4 is 4.90 Å². The molecule has 18 heavy (non-hydrogen) atoms. The summed E-state index contributed by atoms with van der Waals surface area (Å²) >= 11 is 0. The molecular weight excluding hydrogens is 226 g/mol. The maximum atomic E-state index is 11.4. The van der Waals surface area contributed by atoms with Gasteiger partial charge in [-0.15, -0.1) is 0 Å². The number of aromatic nitrogens is 2. The van der Waals surface area contributed by atoms with Crippen LogP contribution in [-0.2, 0) is 0 Å². The molecule has 0 spiro atoms. The molecule has 4 nitrogen and oxygen atoms in total. The second-order valence-corrected chi connectivity index (χ2v) is 5.26. The number of hydrogen-bond acceptors (Lipinski definition) is 4. The van der Waals surface area contributed by atoms with E-state index in [9.17, 15) is 4.79 Å². The smallest absolute Gasteiger partial charge is 0.226 e.